The zero-order valence-corrected chi connectivity index (χ0v) is 20.9. The van der Waals surface area contributed by atoms with Gasteiger partial charge in [0.1, 0.15) is 17.3 Å². The minimum atomic E-state index is -1.86. The molecule has 0 unspecified atom stereocenters. The first-order valence-electron chi connectivity index (χ1n) is 10.4. The van der Waals surface area contributed by atoms with Crippen molar-refractivity contribution in [1.82, 2.24) is 9.97 Å². The van der Waals surface area contributed by atoms with Crippen molar-refractivity contribution in [3.8, 4) is 0 Å². The van der Waals surface area contributed by atoms with Crippen molar-refractivity contribution >= 4 is 50.3 Å². The smallest absolute Gasteiger partial charge is 0.122 e. The molecule has 148 valence electrons. The largest absolute Gasteiger partial charge is 0.249 e. The van der Waals surface area contributed by atoms with Crippen LogP contribution in [0.1, 0.15) is 65.2 Å². The molecule has 5 heteroatoms. The zero-order valence-electron chi connectivity index (χ0n) is 16.7. The van der Waals surface area contributed by atoms with Crippen LogP contribution < -0.4 is 10.4 Å². The van der Waals surface area contributed by atoms with Crippen molar-refractivity contribution in [2.45, 2.75) is 77.3 Å². The van der Waals surface area contributed by atoms with Gasteiger partial charge >= 0.3 is 0 Å². The Morgan fingerprint density at radius 1 is 0.667 bits per heavy atom. The maximum atomic E-state index is 4.60. The summed E-state index contributed by atoms with van der Waals surface area (Å²) in [4.78, 5) is 9.20. The summed E-state index contributed by atoms with van der Waals surface area (Å²) in [5.41, 5.74) is 0. The molecule has 0 atom stereocenters. The van der Waals surface area contributed by atoms with E-state index in [-0.39, 0.29) is 0 Å². The predicted octanol–water partition coefficient (Wildman–Crippen LogP) is 6.73. The lowest BCUT2D eigenvalue weighted by atomic mass is 10.2. The van der Waals surface area contributed by atoms with Gasteiger partial charge in [-0.3, -0.25) is 0 Å². The molecule has 0 aromatic carbocycles. The molecule has 2 rings (SSSR count). The van der Waals surface area contributed by atoms with E-state index >= 15 is 0 Å². The van der Waals surface area contributed by atoms with Gasteiger partial charge in [0.2, 0.25) is 0 Å². The summed E-state index contributed by atoms with van der Waals surface area (Å²) in [7, 11) is -1.86. The summed E-state index contributed by atoms with van der Waals surface area (Å²) < 4.78 is 1.83. The molecule has 0 N–H and O–H groups in total. The average Bonchev–Trinajstić information content (AvgIpc) is 2.68. The summed E-state index contributed by atoms with van der Waals surface area (Å²) in [6, 6.07) is 11.4. The third kappa shape index (κ3) is 6.79. The molecule has 0 amide bonds. The van der Waals surface area contributed by atoms with Gasteiger partial charge in [0.15, 0.2) is 0 Å². The Hall–Kier alpha value is -0.523. The van der Waals surface area contributed by atoms with E-state index in [0.29, 0.717) is 0 Å². The molecule has 0 aliphatic heterocycles. The van der Waals surface area contributed by atoms with Crippen LogP contribution in [-0.2, 0) is 0 Å². The second kappa shape index (κ2) is 12.1. The molecular weight excluding hydrogens is 480 g/mol. The monoisotopic (exact) mass is 510 g/mol. The maximum absolute atomic E-state index is 4.60. The highest BCUT2D eigenvalue weighted by Crippen LogP contribution is 2.24. The van der Waals surface area contributed by atoms with Crippen molar-refractivity contribution in [3.63, 3.8) is 0 Å². The van der Waals surface area contributed by atoms with Gasteiger partial charge in [-0.2, -0.15) is 0 Å². The van der Waals surface area contributed by atoms with Crippen molar-refractivity contribution < 1.29 is 0 Å². The lowest BCUT2D eigenvalue weighted by Crippen LogP contribution is -2.58. The third-order valence-corrected chi connectivity index (χ3v) is 11.6. The van der Waals surface area contributed by atoms with Crippen LogP contribution in [0.2, 0.25) is 12.1 Å². The van der Waals surface area contributed by atoms with Crippen LogP contribution in [0.5, 0.6) is 0 Å². The molecule has 0 radical (unpaired) electrons. The molecule has 2 heterocycles. The molecule has 0 bridgehead atoms. The van der Waals surface area contributed by atoms with E-state index in [9.17, 15) is 0 Å². The highest BCUT2D eigenvalue weighted by atomic mass is 79.9. The third-order valence-electron chi connectivity index (χ3n) is 5.47. The molecule has 2 nitrogen and oxygen atoms in total. The van der Waals surface area contributed by atoms with Gasteiger partial charge in [-0.25, -0.2) is 9.97 Å². The van der Waals surface area contributed by atoms with Crippen LogP contribution in [-0.4, -0.2) is 18.0 Å². The Kier molecular flexibility index (Phi) is 10.2. The van der Waals surface area contributed by atoms with Gasteiger partial charge in [-0.05, 0) is 66.5 Å². The van der Waals surface area contributed by atoms with Gasteiger partial charge in [0.05, 0.1) is 0 Å². The number of halogens is 2. The van der Waals surface area contributed by atoms with Crippen molar-refractivity contribution in [2.24, 2.45) is 0 Å². The first kappa shape index (κ1) is 22.8. The topological polar surface area (TPSA) is 25.8 Å². The van der Waals surface area contributed by atoms with E-state index in [1.807, 2.05) is 0 Å². The van der Waals surface area contributed by atoms with Crippen LogP contribution in [0, 0.1) is 0 Å². The first-order valence-corrected chi connectivity index (χ1v) is 14.4. The Labute approximate surface area is 182 Å². The number of rotatable bonds is 12. The quantitative estimate of drug-likeness (QED) is 0.179. The van der Waals surface area contributed by atoms with E-state index in [0.717, 1.165) is 9.21 Å². The Balaban J connectivity index is 2.38. The van der Waals surface area contributed by atoms with E-state index in [2.05, 4.69) is 92.3 Å². The van der Waals surface area contributed by atoms with Gasteiger partial charge in [-0.1, -0.05) is 77.3 Å². The van der Waals surface area contributed by atoms with E-state index in [1.54, 1.807) is 0 Å². The fourth-order valence-corrected chi connectivity index (χ4v) is 9.24. The standard InChI is InChI=1S/C22H32Br2N2Si/c1-3-5-7-9-15-27(16-10-8-6-4-2,19-11-13-21(23)25-17-19)20-12-14-22(24)26-18-20/h11-14,17-18H,3-10,15-16H2,1-2H3. The summed E-state index contributed by atoms with van der Waals surface area (Å²) in [5, 5.41) is 2.92. The molecule has 27 heavy (non-hydrogen) atoms. The van der Waals surface area contributed by atoms with Gasteiger partial charge in [0.25, 0.3) is 0 Å². The lowest BCUT2D eigenvalue weighted by molar-refractivity contribution is 0.684. The van der Waals surface area contributed by atoms with Crippen LogP contribution >= 0.6 is 31.9 Å². The van der Waals surface area contributed by atoms with Crippen molar-refractivity contribution in [1.29, 1.82) is 0 Å². The first-order chi connectivity index (χ1) is 13.1. The summed E-state index contributed by atoms with van der Waals surface area (Å²) >= 11 is 7.02. The normalized spacial score (nSPS) is 11.7. The maximum Gasteiger partial charge on any atom is 0.122 e. The predicted molar refractivity (Wildman–Crippen MR) is 127 cm³/mol. The molecule has 0 aliphatic rings. The minimum absolute atomic E-state index is 0.917. The minimum Gasteiger partial charge on any atom is -0.249 e. The Morgan fingerprint density at radius 3 is 1.44 bits per heavy atom. The second-order valence-electron chi connectivity index (χ2n) is 7.44. The molecule has 0 saturated heterocycles. The van der Waals surface area contributed by atoms with E-state index in [1.165, 1.54) is 73.8 Å². The number of hydrogen-bond donors (Lipinski definition) is 0. The molecule has 2 aromatic rings. The number of aromatic nitrogens is 2. The number of unbranched alkanes of at least 4 members (excludes halogenated alkanes) is 6. The molecule has 0 fully saturated rings. The SMILES string of the molecule is CCCCCC[Si](CCCCCC)(c1ccc(Br)nc1)c1ccc(Br)nc1. The Bertz CT molecular complexity index is 600. The van der Waals surface area contributed by atoms with E-state index < -0.39 is 8.07 Å². The zero-order chi connectivity index (χ0) is 19.5. The molecule has 0 aliphatic carbocycles. The van der Waals surface area contributed by atoms with Crippen LogP contribution in [0.15, 0.2) is 45.9 Å². The highest BCUT2D eigenvalue weighted by molar-refractivity contribution is 9.10. The lowest BCUT2D eigenvalue weighted by Gasteiger charge is -2.33. The number of nitrogens with zero attached hydrogens (tertiary/aromatic N) is 2. The summed E-state index contributed by atoms with van der Waals surface area (Å²) in [6.07, 6.45) is 14.7. The van der Waals surface area contributed by atoms with Gasteiger partial charge in [-0.15, -0.1) is 0 Å². The molecule has 0 spiro atoms. The second-order valence-corrected chi connectivity index (χ2v) is 13.4. The number of hydrogen-bond acceptors (Lipinski definition) is 2. The van der Waals surface area contributed by atoms with Crippen molar-refractivity contribution in [2.75, 3.05) is 0 Å². The van der Waals surface area contributed by atoms with E-state index in [4.69, 9.17) is 0 Å². The molecule has 2 aromatic heterocycles. The van der Waals surface area contributed by atoms with Crippen LogP contribution in [0.25, 0.3) is 0 Å². The van der Waals surface area contributed by atoms with Crippen molar-refractivity contribution in [3.05, 3.63) is 45.9 Å². The fourth-order valence-electron chi connectivity index (χ4n) is 3.89. The number of pyridine rings is 2. The summed E-state index contributed by atoms with van der Waals surface area (Å²) in [6.45, 7) is 4.57. The van der Waals surface area contributed by atoms with Gasteiger partial charge in [0, 0.05) is 12.4 Å². The van der Waals surface area contributed by atoms with Crippen LogP contribution in [0.4, 0.5) is 0 Å². The summed E-state index contributed by atoms with van der Waals surface area (Å²) in [5.74, 6) is 0. The highest BCUT2D eigenvalue weighted by Gasteiger charge is 2.36. The van der Waals surface area contributed by atoms with Crippen LogP contribution in [0.3, 0.4) is 0 Å². The average molecular weight is 512 g/mol. The van der Waals surface area contributed by atoms with Gasteiger partial charge < -0.3 is 0 Å². The molecule has 0 saturated carbocycles. The fraction of sp³-hybridized carbons (Fsp3) is 0.545. The molecular formula is C22H32Br2N2Si. The Morgan fingerprint density at radius 2 is 1.11 bits per heavy atom.